The van der Waals surface area contributed by atoms with Gasteiger partial charge in [0.2, 0.25) is 0 Å². The van der Waals surface area contributed by atoms with E-state index in [4.69, 9.17) is 10.00 Å². The van der Waals surface area contributed by atoms with E-state index >= 15 is 0 Å². The molecule has 2 aliphatic heterocycles. The first-order valence-corrected chi connectivity index (χ1v) is 12.5. The molecular weight excluding hydrogens is 418 g/mol. The molecule has 0 radical (unpaired) electrons. The molecule has 0 bridgehead atoms. The van der Waals surface area contributed by atoms with Crippen molar-refractivity contribution in [2.45, 2.75) is 51.4 Å². The van der Waals surface area contributed by atoms with Gasteiger partial charge in [-0.15, -0.1) is 0 Å². The standard InChI is InChI=1S/C30H33N3O/c31-20-24-8-10-26(11-9-24)21-32-17-14-29(15-18-32)34-30-13-12-28-23-33(16-4-7-27(28)19-30)22-25-5-2-1-3-6-25/h1-3,5-6,8-13,19,29H,4,7,14-18,21-23H2. The molecular formula is C30H33N3O. The molecule has 174 valence electrons. The highest BCUT2D eigenvalue weighted by Gasteiger charge is 2.22. The number of hydrogen-bond donors (Lipinski definition) is 0. The Morgan fingerprint density at radius 1 is 0.794 bits per heavy atom. The predicted octanol–water partition coefficient (Wildman–Crippen LogP) is 5.55. The Balaban J connectivity index is 1.13. The minimum Gasteiger partial charge on any atom is -0.490 e. The fourth-order valence-corrected chi connectivity index (χ4v) is 5.17. The summed E-state index contributed by atoms with van der Waals surface area (Å²) >= 11 is 0. The maximum absolute atomic E-state index is 8.97. The molecule has 1 fully saturated rings. The molecule has 0 unspecified atom stereocenters. The van der Waals surface area contributed by atoms with Crippen molar-refractivity contribution < 1.29 is 4.74 Å². The summed E-state index contributed by atoms with van der Waals surface area (Å²) in [5, 5.41) is 8.97. The van der Waals surface area contributed by atoms with Crippen LogP contribution in [0.2, 0.25) is 0 Å². The lowest BCUT2D eigenvalue weighted by atomic mass is 10.0. The van der Waals surface area contributed by atoms with Gasteiger partial charge in [-0.3, -0.25) is 9.80 Å². The number of nitrogens with zero attached hydrogens (tertiary/aromatic N) is 3. The minimum absolute atomic E-state index is 0.288. The predicted molar refractivity (Wildman–Crippen MR) is 135 cm³/mol. The number of piperidine rings is 1. The van der Waals surface area contributed by atoms with Gasteiger partial charge in [0.1, 0.15) is 11.9 Å². The number of fused-ring (bicyclic) bond motifs is 1. The SMILES string of the molecule is N#Cc1ccc(CN2CCC(Oc3ccc4c(c3)CCCN(Cc3ccccc3)C4)CC2)cc1. The number of hydrogen-bond acceptors (Lipinski definition) is 4. The van der Waals surface area contributed by atoms with Crippen LogP contribution in [0.5, 0.6) is 5.75 Å². The Hall–Kier alpha value is -3.13. The van der Waals surface area contributed by atoms with Crippen LogP contribution in [0.15, 0.2) is 72.8 Å². The van der Waals surface area contributed by atoms with Crippen LogP contribution in [0.25, 0.3) is 0 Å². The topological polar surface area (TPSA) is 39.5 Å². The second-order valence-corrected chi connectivity index (χ2v) is 9.63. The van der Waals surface area contributed by atoms with Gasteiger partial charge in [0, 0.05) is 32.7 Å². The van der Waals surface area contributed by atoms with E-state index in [1.807, 2.05) is 12.1 Å². The normalized spacial score (nSPS) is 17.5. The lowest BCUT2D eigenvalue weighted by molar-refractivity contribution is 0.0967. The molecule has 4 nitrogen and oxygen atoms in total. The van der Waals surface area contributed by atoms with E-state index in [0.717, 1.165) is 69.8 Å². The first kappa shape index (κ1) is 22.7. The van der Waals surface area contributed by atoms with Crippen molar-refractivity contribution in [2.75, 3.05) is 19.6 Å². The van der Waals surface area contributed by atoms with Crippen LogP contribution in [-0.2, 0) is 26.1 Å². The molecule has 0 amide bonds. The lowest BCUT2D eigenvalue weighted by Gasteiger charge is -2.32. The first-order valence-electron chi connectivity index (χ1n) is 12.5. The summed E-state index contributed by atoms with van der Waals surface area (Å²) in [6.45, 7) is 6.19. The lowest BCUT2D eigenvalue weighted by Crippen LogP contribution is -2.37. The Morgan fingerprint density at radius 2 is 1.53 bits per heavy atom. The van der Waals surface area contributed by atoms with Crippen LogP contribution in [-0.4, -0.2) is 35.5 Å². The molecule has 0 N–H and O–H groups in total. The molecule has 1 saturated heterocycles. The molecule has 0 atom stereocenters. The third-order valence-corrected chi connectivity index (χ3v) is 7.07. The smallest absolute Gasteiger partial charge is 0.120 e. The molecule has 4 heteroatoms. The molecule has 3 aromatic carbocycles. The second kappa shape index (κ2) is 10.9. The zero-order valence-electron chi connectivity index (χ0n) is 19.8. The van der Waals surface area contributed by atoms with Gasteiger partial charge in [-0.2, -0.15) is 5.26 Å². The average molecular weight is 452 g/mol. The summed E-state index contributed by atoms with van der Waals surface area (Å²) in [4.78, 5) is 5.05. The molecule has 2 aliphatic rings. The molecule has 0 aromatic heterocycles. The maximum atomic E-state index is 8.97. The molecule has 34 heavy (non-hydrogen) atoms. The molecule has 5 rings (SSSR count). The zero-order chi connectivity index (χ0) is 23.2. The summed E-state index contributed by atoms with van der Waals surface area (Å²) in [6, 6.07) is 27.7. The van der Waals surface area contributed by atoms with Gasteiger partial charge < -0.3 is 4.74 Å². The van der Waals surface area contributed by atoms with E-state index in [1.165, 1.54) is 28.7 Å². The molecule has 0 spiro atoms. The summed E-state index contributed by atoms with van der Waals surface area (Å²) in [5.41, 5.74) is 6.27. The minimum atomic E-state index is 0.288. The Morgan fingerprint density at radius 3 is 2.29 bits per heavy atom. The van der Waals surface area contributed by atoms with Crippen LogP contribution in [0.3, 0.4) is 0 Å². The highest BCUT2D eigenvalue weighted by Crippen LogP contribution is 2.27. The summed E-state index contributed by atoms with van der Waals surface area (Å²) < 4.78 is 6.44. The fraction of sp³-hybridized carbons (Fsp3) is 0.367. The average Bonchev–Trinajstić information content (AvgIpc) is 3.08. The number of rotatable bonds is 6. The number of aryl methyl sites for hydroxylation is 1. The van der Waals surface area contributed by atoms with Crippen molar-refractivity contribution in [3.8, 4) is 11.8 Å². The van der Waals surface area contributed by atoms with E-state index in [1.54, 1.807) is 0 Å². The van der Waals surface area contributed by atoms with Crippen LogP contribution >= 0.6 is 0 Å². The van der Waals surface area contributed by atoms with Crippen molar-refractivity contribution in [1.82, 2.24) is 9.80 Å². The Kier molecular flexibility index (Phi) is 7.24. The van der Waals surface area contributed by atoms with Crippen molar-refractivity contribution in [1.29, 1.82) is 5.26 Å². The van der Waals surface area contributed by atoms with Gasteiger partial charge >= 0.3 is 0 Å². The van der Waals surface area contributed by atoms with E-state index in [2.05, 4.69) is 76.5 Å². The van der Waals surface area contributed by atoms with Crippen LogP contribution < -0.4 is 4.74 Å². The fourth-order valence-electron chi connectivity index (χ4n) is 5.17. The zero-order valence-corrected chi connectivity index (χ0v) is 19.8. The van der Waals surface area contributed by atoms with Gasteiger partial charge in [0.05, 0.1) is 11.6 Å². The first-order chi connectivity index (χ1) is 16.7. The third-order valence-electron chi connectivity index (χ3n) is 7.07. The van der Waals surface area contributed by atoms with Crippen molar-refractivity contribution >= 4 is 0 Å². The number of nitriles is 1. The van der Waals surface area contributed by atoms with Crippen LogP contribution in [0.1, 0.15) is 47.1 Å². The van der Waals surface area contributed by atoms with Crippen molar-refractivity contribution in [3.63, 3.8) is 0 Å². The van der Waals surface area contributed by atoms with E-state index in [9.17, 15) is 0 Å². The van der Waals surface area contributed by atoms with Crippen molar-refractivity contribution in [3.05, 3.63) is 101 Å². The third kappa shape index (κ3) is 5.86. The summed E-state index contributed by atoms with van der Waals surface area (Å²) in [5.74, 6) is 1.03. The molecule has 3 aromatic rings. The van der Waals surface area contributed by atoms with Crippen LogP contribution in [0.4, 0.5) is 0 Å². The monoisotopic (exact) mass is 451 g/mol. The van der Waals surface area contributed by atoms with Gasteiger partial charge in [-0.05, 0) is 78.7 Å². The largest absolute Gasteiger partial charge is 0.490 e. The summed E-state index contributed by atoms with van der Waals surface area (Å²) in [7, 11) is 0. The molecule has 2 heterocycles. The van der Waals surface area contributed by atoms with Crippen LogP contribution in [0, 0.1) is 11.3 Å². The summed E-state index contributed by atoms with van der Waals surface area (Å²) in [6.07, 6.45) is 4.71. The number of ether oxygens (including phenoxy) is 1. The van der Waals surface area contributed by atoms with E-state index in [-0.39, 0.29) is 6.10 Å². The highest BCUT2D eigenvalue weighted by atomic mass is 16.5. The molecule has 0 saturated carbocycles. The van der Waals surface area contributed by atoms with Gasteiger partial charge in [0.25, 0.3) is 0 Å². The molecule has 0 aliphatic carbocycles. The second-order valence-electron chi connectivity index (χ2n) is 9.63. The van der Waals surface area contributed by atoms with Gasteiger partial charge in [0.15, 0.2) is 0 Å². The quantitative estimate of drug-likeness (QED) is 0.493. The van der Waals surface area contributed by atoms with Gasteiger partial charge in [-0.25, -0.2) is 0 Å². The Bertz CT molecular complexity index is 1110. The van der Waals surface area contributed by atoms with E-state index in [0.29, 0.717) is 0 Å². The number of benzene rings is 3. The number of likely N-dealkylation sites (tertiary alicyclic amines) is 1. The Labute approximate surface area is 203 Å². The van der Waals surface area contributed by atoms with Crippen molar-refractivity contribution in [2.24, 2.45) is 0 Å². The highest BCUT2D eigenvalue weighted by molar-refractivity contribution is 5.37. The van der Waals surface area contributed by atoms with Gasteiger partial charge in [-0.1, -0.05) is 48.5 Å². The van der Waals surface area contributed by atoms with E-state index < -0.39 is 0 Å². The maximum Gasteiger partial charge on any atom is 0.120 e.